The van der Waals surface area contributed by atoms with Crippen molar-refractivity contribution >= 4 is 23.4 Å². The van der Waals surface area contributed by atoms with E-state index in [0.29, 0.717) is 5.92 Å². The van der Waals surface area contributed by atoms with E-state index in [9.17, 15) is 19.5 Å². The molecule has 1 aliphatic heterocycles. The molecule has 0 radical (unpaired) electrons. The summed E-state index contributed by atoms with van der Waals surface area (Å²) in [6, 6.07) is 4.63. The van der Waals surface area contributed by atoms with Gasteiger partial charge in [0, 0.05) is 27.2 Å². The number of nitrogens with zero attached hydrogens (tertiary/aromatic N) is 2. The maximum absolute atomic E-state index is 12.6. The Morgan fingerprint density at radius 2 is 1.72 bits per heavy atom. The van der Waals surface area contributed by atoms with Crippen molar-refractivity contribution < 1.29 is 19.5 Å². The lowest BCUT2D eigenvalue weighted by atomic mass is 10.0. The van der Waals surface area contributed by atoms with Crippen molar-refractivity contribution in [2.45, 2.75) is 39.7 Å². The minimum absolute atomic E-state index is 0.0114. The van der Waals surface area contributed by atoms with Gasteiger partial charge in [-0.1, -0.05) is 19.9 Å². The number of aromatic hydroxyl groups is 1. The number of phenols is 1. The van der Waals surface area contributed by atoms with Gasteiger partial charge < -0.3 is 20.6 Å². The lowest BCUT2D eigenvalue weighted by molar-refractivity contribution is -0.136. The van der Waals surface area contributed by atoms with Crippen LogP contribution in [0.5, 0.6) is 5.75 Å². The SMILES string of the molecule is CC(C)CCC(C)NC1=C(Nc2cccc(C(=O)N(C)C)c2O)C(=O)N(C)C1=O. The van der Waals surface area contributed by atoms with E-state index in [1.165, 1.54) is 18.0 Å². The van der Waals surface area contributed by atoms with Gasteiger partial charge in [-0.15, -0.1) is 0 Å². The first-order valence-corrected chi connectivity index (χ1v) is 9.68. The fourth-order valence-electron chi connectivity index (χ4n) is 2.99. The zero-order valence-electron chi connectivity index (χ0n) is 17.9. The van der Waals surface area contributed by atoms with Crippen molar-refractivity contribution in [3.8, 4) is 5.75 Å². The van der Waals surface area contributed by atoms with Crippen LogP contribution < -0.4 is 10.6 Å². The summed E-state index contributed by atoms with van der Waals surface area (Å²) in [7, 11) is 4.57. The fraction of sp³-hybridized carbons (Fsp3) is 0.476. The Kier molecular flexibility index (Phi) is 6.89. The number of benzene rings is 1. The maximum atomic E-state index is 12.6. The molecule has 1 atom stereocenters. The molecule has 3 amide bonds. The molecule has 8 nitrogen and oxygen atoms in total. The standard InChI is InChI=1S/C21H30N4O4/c1-12(2)10-11-13(3)22-16-17(21(29)25(6)20(16)28)23-15-9-7-8-14(18(15)26)19(27)24(4)5/h7-9,12-13,22-23,26H,10-11H2,1-6H3. The average Bonchev–Trinajstić information content (AvgIpc) is 2.85. The highest BCUT2D eigenvalue weighted by atomic mass is 16.3. The molecule has 1 aliphatic rings. The van der Waals surface area contributed by atoms with Gasteiger partial charge in [0.15, 0.2) is 5.75 Å². The Hall–Kier alpha value is -3.03. The van der Waals surface area contributed by atoms with Crippen LogP contribution in [-0.4, -0.2) is 59.8 Å². The Bertz CT molecular complexity index is 845. The van der Waals surface area contributed by atoms with Crippen LogP contribution in [-0.2, 0) is 9.59 Å². The second-order valence-corrected chi connectivity index (χ2v) is 7.96. The monoisotopic (exact) mass is 402 g/mol. The number of anilines is 1. The molecule has 0 aliphatic carbocycles. The van der Waals surface area contributed by atoms with Crippen LogP contribution in [0.4, 0.5) is 5.69 Å². The van der Waals surface area contributed by atoms with Gasteiger partial charge in [-0.25, -0.2) is 0 Å². The van der Waals surface area contributed by atoms with E-state index in [-0.39, 0.29) is 40.3 Å². The molecule has 1 heterocycles. The van der Waals surface area contributed by atoms with Crippen LogP contribution in [0.2, 0.25) is 0 Å². The van der Waals surface area contributed by atoms with Crippen LogP contribution in [0.3, 0.4) is 0 Å². The minimum atomic E-state index is -0.503. The number of imide groups is 1. The Labute approximate surface area is 171 Å². The van der Waals surface area contributed by atoms with Crippen LogP contribution >= 0.6 is 0 Å². The van der Waals surface area contributed by atoms with Gasteiger partial charge in [-0.05, 0) is 37.8 Å². The number of carbonyl (C=O) groups excluding carboxylic acids is 3. The molecule has 0 saturated heterocycles. The van der Waals surface area contributed by atoms with E-state index in [1.807, 2.05) is 6.92 Å². The third-order valence-electron chi connectivity index (χ3n) is 4.79. The van der Waals surface area contributed by atoms with Crippen molar-refractivity contribution in [3.05, 3.63) is 35.2 Å². The molecule has 0 spiro atoms. The molecule has 3 N–H and O–H groups in total. The largest absolute Gasteiger partial charge is 0.505 e. The molecule has 1 unspecified atom stereocenters. The molecule has 0 bridgehead atoms. The fourth-order valence-corrected chi connectivity index (χ4v) is 2.99. The molecule has 0 aromatic heterocycles. The van der Waals surface area contributed by atoms with Gasteiger partial charge in [-0.3, -0.25) is 19.3 Å². The highest BCUT2D eigenvalue weighted by Gasteiger charge is 2.37. The van der Waals surface area contributed by atoms with E-state index in [0.717, 1.165) is 17.7 Å². The smallest absolute Gasteiger partial charge is 0.279 e. The lowest BCUT2D eigenvalue weighted by Crippen LogP contribution is -2.33. The summed E-state index contributed by atoms with van der Waals surface area (Å²) in [6.45, 7) is 6.21. The molecule has 29 heavy (non-hydrogen) atoms. The van der Waals surface area contributed by atoms with Crippen LogP contribution in [0.15, 0.2) is 29.6 Å². The third kappa shape index (κ3) is 4.88. The molecular formula is C21H30N4O4. The normalized spacial score (nSPS) is 15.2. The van der Waals surface area contributed by atoms with Gasteiger partial charge in [0.2, 0.25) is 0 Å². The number of para-hydroxylation sites is 1. The van der Waals surface area contributed by atoms with Gasteiger partial charge in [0.1, 0.15) is 11.4 Å². The number of amides is 3. The lowest BCUT2D eigenvalue weighted by Gasteiger charge is -2.18. The predicted octanol–water partition coefficient (Wildman–Crippen LogP) is 2.13. The molecule has 8 heteroatoms. The van der Waals surface area contributed by atoms with Gasteiger partial charge >= 0.3 is 0 Å². The molecule has 0 saturated carbocycles. The van der Waals surface area contributed by atoms with Crippen LogP contribution in [0.25, 0.3) is 0 Å². The van der Waals surface area contributed by atoms with Crippen LogP contribution in [0.1, 0.15) is 44.0 Å². The number of carbonyl (C=O) groups is 3. The summed E-state index contributed by atoms with van der Waals surface area (Å²) in [5.41, 5.74) is 0.500. The number of rotatable bonds is 8. The van der Waals surface area contributed by atoms with E-state index in [2.05, 4.69) is 24.5 Å². The third-order valence-corrected chi connectivity index (χ3v) is 4.79. The summed E-state index contributed by atoms with van der Waals surface area (Å²) in [5, 5.41) is 16.5. The van der Waals surface area contributed by atoms with Crippen molar-refractivity contribution in [3.63, 3.8) is 0 Å². The van der Waals surface area contributed by atoms with Crippen LogP contribution in [0, 0.1) is 5.92 Å². The number of hydrogen-bond donors (Lipinski definition) is 3. The van der Waals surface area contributed by atoms with Crippen molar-refractivity contribution in [2.24, 2.45) is 5.92 Å². The van der Waals surface area contributed by atoms with E-state index in [4.69, 9.17) is 0 Å². The molecular weight excluding hydrogens is 372 g/mol. The second-order valence-electron chi connectivity index (χ2n) is 7.96. The van der Waals surface area contributed by atoms with Crippen molar-refractivity contribution in [1.82, 2.24) is 15.1 Å². The first kappa shape index (κ1) is 22.3. The number of likely N-dealkylation sites (N-methyl/N-ethyl adjacent to an activating group) is 1. The van der Waals surface area contributed by atoms with Crippen molar-refractivity contribution in [1.29, 1.82) is 0 Å². The molecule has 2 rings (SSSR count). The number of hydrogen-bond acceptors (Lipinski definition) is 6. The molecule has 1 aromatic rings. The summed E-state index contributed by atoms with van der Waals surface area (Å²) in [4.78, 5) is 39.8. The Morgan fingerprint density at radius 1 is 1.10 bits per heavy atom. The number of nitrogens with one attached hydrogen (secondary N) is 2. The quantitative estimate of drug-likeness (QED) is 0.455. The van der Waals surface area contributed by atoms with Crippen molar-refractivity contribution in [2.75, 3.05) is 26.5 Å². The summed E-state index contributed by atoms with van der Waals surface area (Å²) in [6.07, 6.45) is 1.83. The topological polar surface area (TPSA) is 102 Å². The first-order chi connectivity index (χ1) is 13.5. The first-order valence-electron chi connectivity index (χ1n) is 9.68. The zero-order valence-corrected chi connectivity index (χ0v) is 17.9. The highest BCUT2D eigenvalue weighted by Crippen LogP contribution is 2.31. The highest BCUT2D eigenvalue weighted by molar-refractivity contribution is 6.20. The molecule has 158 valence electrons. The Morgan fingerprint density at radius 3 is 2.31 bits per heavy atom. The second kappa shape index (κ2) is 8.98. The summed E-state index contributed by atoms with van der Waals surface area (Å²) >= 11 is 0. The van der Waals surface area contributed by atoms with E-state index < -0.39 is 11.8 Å². The van der Waals surface area contributed by atoms with Gasteiger partial charge in [0.05, 0.1) is 11.3 Å². The van der Waals surface area contributed by atoms with Gasteiger partial charge in [0.25, 0.3) is 17.7 Å². The summed E-state index contributed by atoms with van der Waals surface area (Å²) < 4.78 is 0. The predicted molar refractivity (Wildman–Crippen MR) is 111 cm³/mol. The molecule has 0 fully saturated rings. The average molecular weight is 402 g/mol. The number of phenolic OH excluding ortho intramolecular Hbond substituents is 1. The van der Waals surface area contributed by atoms with Gasteiger partial charge in [-0.2, -0.15) is 0 Å². The zero-order chi connectivity index (χ0) is 21.9. The minimum Gasteiger partial charge on any atom is -0.505 e. The maximum Gasteiger partial charge on any atom is 0.279 e. The molecule has 1 aromatic carbocycles. The summed E-state index contributed by atoms with van der Waals surface area (Å²) in [5.74, 6) is -1.05. The Balaban J connectivity index is 2.35. The van der Waals surface area contributed by atoms with E-state index >= 15 is 0 Å². The van der Waals surface area contributed by atoms with E-state index in [1.54, 1.807) is 26.2 Å².